The van der Waals surface area contributed by atoms with Crippen LogP contribution >= 0.6 is 11.8 Å². The number of fused-ring (bicyclic) bond motifs is 1. The average molecular weight is 373 g/mol. The molecule has 2 aliphatic rings. The van der Waals surface area contributed by atoms with E-state index in [0.29, 0.717) is 11.4 Å². The maximum atomic E-state index is 9.79. The SMILES string of the molecule is CN(C)c1ccc(C2C(C#N)=C(N)N=C3SC=C(c4ccccc4)N32)cc1. The Bertz CT molecular complexity index is 997. The summed E-state index contributed by atoms with van der Waals surface area (Å²) in [7, 11) is 4.01. The number of thioether (sulfide) groups is 1. The van der Waals surface area contributed by atoms with Crippen molar-refractivity contribution in [3.05, 3.63) is 82.5 Å². The van der Waals surface area contributed by atoms with E-state index in [0.717, 1.165) is 27.7 Å². The van der Waals surface area contributed by atoms with E-state index in [-0.39, 0.29) is 6.04 Å². The van der Waals surface area contributed by atoms with Gasteiger partial charge in [-0.1, -0.05) is 54.2 Å². The van der Waals surface area contributed by atoms with Crippen LogP contribution in [0.4, 0.5) is 5.69 Å². The molecule has 0 saturated heterocycles. The summed E-state index contributed by atoms with van der Waals surface area (Å²) in [4.78, 5) is 8.63. The van der Waals surface area contributed by atoms with E-state index in [1.54, 1.807) is 0 Å². The van der Waals surface area contributed by atoms with Gasteiger partial charge in [-0.15, -0.1) is 0 Å². The molecule has 0 saturated carbocycles. The first-order valence-corrected chi connectivity index (χ1v) is 9.45. The Morgan fingerprint density at radius 2 is 1.81 bits per heavy atom. The van der Waals surface area contributed by atoms with Crippen LogP contribution in [0.1, 0.15) is 17.2 Å². The molecular formula is C21H19N5S. The fourth-order valence-corrected chi connectivity index (χ4v) is 4.23. The number of anilines is 1. The van der Waals surface area contributed by atoms with Crippen molar-refractivity contribution < 1.29 is 0 Å². The van der Waals surface area contributed by atoms with Gasteiger partial charge in [0.2, 0.25) is 0 Å². The van der Waals surface area contributed by atoms with Crippen LogP contribution in [0.15, 0.2) is 76.4 Å². The topological polar surface area (TPSA) is 68.6 Å². The average Bonchev–Trinajstić information content (AvgIpc) is 3.11. The molecule has 134 valence electrons. The van der Waals surface area contributed by atoms with Crippen LogP contribution in [0.5, 0.6) is 0 Å². The number of rotatable bonds is 3. The van der Waals surface area contributed by atoms with Gasteiger partial charge in [-0.25, -0.2) is 4.99 Å². The molecule has 2 aromatic rings. The van der Waals surface area contributed by atoms with Crippen molar-refractivity contribution >= 4 is 28.3 Å². The number of hydrogen-bond acceptors (Lipinski definition) is 6. The van der Waals surface area contributed by atoms with E-state index in [9.17, 15) is 5.26 Å². The minimum atomic E-state index is -0.292. The number of benzene rings is 2. The summed E-state index contributed by atoms with van der Waals surface area (Å²) in [5.41, 5.74) is 10.8. The Kier molecular flexibility index (Phi) is 4.38. The van der Waals surface area contributed by atoms with Gasteiger partial charge < -0.3 is 15.5 Å². The molecule has 0 bridgehead atoms. The first kappa shape index (κ1) is 17.3. The second-order valence-corrected chi connectivity index (χ2v) is 7.39. The quantitative estimate of drug-likeness (QED) is 0.883. The molecule has 0 fully saturated rings. The van der Waals surface area contributed by atoms with Crippen LogP contribution in [0.25, 0.3) is 5.70 Å². The van der Waals surface area contributed by atoms with Crippen LogP contribution in [-0.2, 0) is 0 Å². The lowest BCUT2D eigenvalue weighted by Crippen LogP contribution is -2.34. The lowest BCUT2D eigenvalue weighted by Gasteiger charge is -2.35. The first-order valence-electron chi connectivity index (χ1n) is 8.57. The normalized spacial score (nSPS) is 18.6. The Balaban J connectivity index is 1.82. The Morgan fingerprint density at radius 3 is 2.44 bits per heavy atom. The fourth-order valence-electron chi connectivity index (χ4n) is 3.29. The molecule has 1 unspecified atom stereocenters. The van der Waals surface area contributed by atoms with Crippen molar-refractivity contribution in [3.8, 4) is 6.07 Å². The van der Waals surface area contributed by atoms with Gasteiger partial charge in [0.05, 0.1) is 11.3 Å². The Morgan fingerprint density at radius 1 is 1.11 bits per heavy atom. The Hall–Kier alpha value is -3.17. The second-order valence-electron chi connectivity index (χ2n) is 6.55. The summed E-state index contributed by atoms with van der Waals surface area (Å²) >= 11 is 1.53. The molecule has 0 amide bonds. The third-order valence-corrected chi connectivity index (χ3v) is 5.52. The largest absolute Gasteiger partial charge is 0.383 e. The molecule has 0 radical (unpaired) electrons. The Labute approximate surface area is 163 Å². The van der Waals surface area contributed by atoms with Crippen molar-refractivity contribution in [1.29, 1.82) is 5.26 Å². The van der Waals surface area contributed by atoms with Gasteiger partial charge in [-0.2, -0.15) is 5.26 Å². The fraction of sp³-hybridized carbons (Fsp3) is 0.143. The zero-order chi connectivity index (χ0) is 19.0. The van der Waals surface area contributed by atoms with Crippen LogP contribution in [0, 0.1) is 11.3 Å². The predicted octanol–water partition coefficient (Wildman–Crippen LogP) is 3.90. The van der Waals surface area contributed by atoms with E-state index in [4.69, 9.17) is 5.73 Å². The van der Waals surface area contributed by atoms with Gasteiger partial charge in [0.25, 0.3) is 0 Å². The predicted molar refractivity (Wildman–Crippen MR) is 112 cm³/mol. The van der Waals surface area contributed by atoms with E-state index >= 15 is 0 Å². The van der Waals surface area contributed by atoms with E-state index in [2.05, 4.69) is 57.8 Å². The third-order valence-electron chi connectivity index (χ3n) is 4.68. The van der Waals surface area contributed by atoms with Crippen molar-refractivity contribution in [1.82, 2.24) is 4.90 Å². The molecule has 4 rings (SSSR count). The number of nitriles is 1. The van der Waals surface area contributed by atoms with Crippen LogP contribution in [-0.4, -0.2) is 24.2 Å². The minimum Gasteiger partial charge on any atom is -0.383 e. The highest BCUT2D eigenvalue weighted by Gasteiger charge is 2.38. The van der Waals surface area contributed by atoms with E-state index in [1.165, 1.54) is 11.8 Å². The third kappa shape index (κ3) is 2.96. The van der Waals surface area contributed by atoms with Crippen LogP contribution < -0.4 is 10.6 Å². The summed E-state index contributed by atoms with van der Waals surface area (Å²) in [6.45, 7) is 0. The lowest BCUT2D eigenvalue weighted by atomic mass is 9.95. The molecular weight excluding hydrogens is 354 g/mol. The van der Waals surface area contributed by atoms with Crippen molar-refractivity contribution in [2.75, 3.05) is 19.0 Å². The number of hydrogen-bond donors (Lipinski definition) is 1. The van der Waals surface area contributed by atoms with Gasteiger partial charge in [-0.05, 0) is 23.3 Å². The van der Waals surface area contributed by atoms with Gasteiger partial charge in [0, 0.05) is 25.2 Å². The minimum absolute atomic E-state index is 0.292. The molecule has 0 spiro atoms. The van der Waals surface area contributed by atoms with Crippen molar-refractivity contribution in [2.24, 2.45) is 10.7 Å². The van der Waals surface area contributed by atoms with Gasteiger partial charge >= 0.3 is 0 Å². The van der Waals surface area contributed by atoms with Gasteiger partial charge in [0.15, 0.2) is 5.17 Å². The monoisotopic (exact) mass is 373 g/mol. The molecule has 0 aromatic heterocycles. The molecule has 0 aliphatic carbocycles. The molecule has 6 heteroatoms. The molecule has 2 aromatic carbocycles. The van der Waals surface area contributed by atoms with Crippen molar-refractivity contribution in [2.45, 2.75) is 6.04 Å². The molecule has 2 aliphatic heterocycles. The summed E-state index contributed by atoms with van der Waals surface area (Å²) in [5, 5.41) is 12.7. The van der Waals surface area contributed by atoms with Crippen molar-refractivity contribution in [3.63, 3.8) is 0 Å². The second kappa shape index (κ2) is 6.86. The molecule has 1 atom stereocenters. The van der Waals surface area contributed by atoms with Gasteiger partial charge in [0.1, 0.15) is 17.9 Å². The highest BCUT2D eigenvalue weighted by Crippen LogP contribution is 2.45. The maximum absolute atomic E-state index is 9.79. The molecule has 2 heterocycles. The summed E-state index contributed by atoms with van der Waals surface area (Å²) < 4.78 is 0. The number of nitrogens with two attached hydrogens (primary N) is 1. The molecule has 5 nitrogen and oxygen atoms in total. The summed E-state index contributed by atoms with van der Waals surface area (Å²) in [6.07, 6.45) is 0. The highest BCUT2D eigenvalue weighted by molar-refractivity contribution is 8.16. The molecule has 27 heavy (non-hydrogen) atoms. The zero-order valence-electron chi connectivity index (χ0n) is 15.1. The first-order chi connectivity index (χ1) is 13.1. The zero-order valence-corrected chi connectivity index (χ0v) is 15.9. The van der Waals surface area contributed by atoms with E-state index in [1.807, 2.05) is 37.2 Å². The maximum Gasteiger partial charge on any atom is 0.175 e. The number of amidine groups is 1. The smallest absolute Gasteiger partial charge is 0.175 e. The molecule has 2 N–H and O–H groups in total. The lowest BCUT2D eigenvalue weighted by molar-refractivity contribution is 0.490. The number of nitrogens with zero attached hydrogens (tertiary/aromatic N) is 4. The van der Waals surface area contributed by atoms with Crippen LogP contribution in [0.3, 0.4) is 0 Å². The van der Waals surface area contributed by atoms with Gasteiger partial charge in [-0.3, -0.25) is 0 Å². The summed E-state index contributed by atoms with van der Waals surface area (Å²) in [6, 6.07) is 20.4. The van der Waals surface area contributed by atoms with E-state index < -0.39 is 0 Å². The van der Waals surface area contributed by atoms with Crippen LogP contribution in [0.2, 0.25) is 0 Å². The standard InChI is InChI=1S/C21H19N5S/c1-25(2)16-10-8-15(9-11-16)19-17(12-22)20(23)24-21-26(19)18(13-27-21)14-6-4-3-5-7-14/h3-11,13,19H,23H2,1-2H3. The summed E-state index contributed by atoms with van der Waals surface area (Å²) in [5.74, 6) is 0.292. The highest BCUT2D eigenvalue weighted by atomic mass is 32.2. The number of aliphatic imine (C=N–C) groups is 1.